The second-order valence-corrected chi connectivity index (χ2v) is 6.87. The molecule has 1 aliphatic carbocycles. The number of hydrogen-bond acceptors (Lipinski definition) is 5. The highest BCUT2D eigenvalue weighted by Gasteiger charge is 2.29. The van der Waals surface area contributed by atoms with Crippen molar-refractivity contribution in [3.8, 4) is 5.88 Å². The Morgan fingerprint density at radius 1 is 1.48 bits per heavy atom. The first-order valence-corrected chi connectivity index (χ1v) is 8.51. The molecule has 1 saturated carbocycles. The highest BCUT2D eigenvalue weighted by Crippen LogP contribution is 2.24. The zero-order valence-electron chi connectivity index (χ0n) is 14.4. The van der Waals surface area contributed by atoms with Crippen molar-refractivity contribution in [2.45, 2.75) is 52.1 Å². The molecule has 1 amide bonds. The molecule has 2 aromatic heterocycles. The Morgan fingerprint density at radius 2 is 2.20 bits per heavy atom. The number of nitrogens with one attached hydrogen (secondary N) is 1. The van der Waals surface area contributed by atoms with Crippen LogP contribution in [-0.4, -0.2) is 37.5 Å². The molecule has 2 heterocycles. The van der Waals surface area contributed by atoms with Crippen LogP contribution in [0.3, 0.4) is 0 Å². The van der Waals surface area contributed by atoms with Gasteiger partial charge in [0, 0.05) is 24.6 Å². The zero-order valence-corrected chi connectivity index (χ0v) is 14.4. The third kappa shape index (κ3) is 3.29. The summed E-state index contributed by atoms with van der Waals surface area (Å²) in [6, 6.07) is 0.0707. The average Bonchev–Trinajstić information content (AvgIpc) is 3.25. The van der Waals surface area contributed by atoms with E-state index in [1.807, 2.05) is 13.8 Å². The largest absolute Gasteiger partial charge is 0.494 e. The van der Waals surface area contributed by atoms with E-state index in [2.05, 4.69) is 10.4 Å². The van der Waals surface area contributed by atoms with Gasteiger partial charge in [0.1, 0.15) is 11.9 Å². The van der Waals surface area contributed by atoms with Gasteiger partial charge in [0.05, 0.1) is 6.20 Å². The van der Waals surface area contributed by atoms with Crippen molar-refractivity contribution in [2.75, 3.05) is 0 Å². The van der Waals surface area contributed by atoms with E-state index in [-0.39, 0.29) is 23.4 Å². The van der Waals surface area contributed by atoms with E-state index >= 15 is 0 Å². The molecule has 2 aromatic rings. The summed E-state index contributed by atoms with van der Waals surface area (Å²) >= 11 is 0. The predicted octanol–water partition coefficient (Wildman–Crippen LogP) is 0.881. The summed E-state index contributed by atoms with van der Waals surface area (Å²) in [6.07, 6.45) is 4.78. The third-order valence-electron chi connectivity index (χ3n) is 4.18. The first kappa shape index (κ1) is 17.2. The fourth-order valence-corrected chi connectivity index (χ4v) is 2.86. The molecule has 0 unspecified atom stereocenters. The second-order valence-electron chi connectivity index (χ2n) is 6.87. The Kier molecular flexibility index (Phi) is 4.61. The summed E-state index contributed by atoms with van der Waals surface area (Å²) in [6.45, 7) is 4.36. The summed E-state index contributed by atoms with van der Waals surface area (Å²) < 4.78 is 2.69. The van der Waals surface area contributed by atoms with Crippen LogP contribution in [0.1, 0.15) is 49.0 Å². The predicted molar refractivity (Wildman–Crippen MR) is 90.8 cm³/mol. The van der Waals surface area contributed by atoms with E-state index in [0.717, 1.165) is 23.6 Å². The van der Waals surface area contributed by atoms with Crippen LogP contribution in [0, 0.1) is 5.92 Å². The highest BCUT2D eigenvalue weighted by molar-refractivity contribution is 5.96. The summed E-state index contributed by atoms with van der Waals surface area (Å²) in [5, 5.41) is 17.5. The number of carbonyl (C=O) groups is 2. The minimum Gasteiger partial charge on any atom is -0.494 e. The summed E-state index contributed by atoms with van der Waals surface area (Å²) in [7, 11) is 0. The molecule has 0 aromatic carbocycles. The Balaban J connectivity index is 2.19. The second kappa shape index (κ2) is 6.70. The first-order chi connectivity index (χ1) is 11.9. The number of fused-ring (bicyclic) bond motifs is 1. The number of hydrogen-bond donors (Lipinski definition) is 2. The van der Waals surface area contributed by atoms with Gasteiger partial charge in [-0.2, -0.15) is 9.61 Å². The molecule has 0 aliphatic heterocycles. The lowest BCUT2D eigenvalue weighted by molar-refractivity contribution is -0.107. The van der Waals surface area contributed by atoms with Gasteiger partial charge in [-0.05, 0) is 25.2 Å². The van der Waals surface area contributed by atoms with E-state index in [0.29, 0.717) is 30.6 Å². The number of aromatic hydroxyl groups is 1. The van der Waals surface area contributed by atoms with E-state index in [1.54, 1.807) is 4.57 Å². The van der Waals surface area contributed by atoms with Crippen molar-refractivity contribution in [3.63, 3.8) is 0 Å². The minimum absolute atomic E-state index is 0.0707. The van der Waals surface area contributed by atoms with Crippen LogP contribution in [0.2, 0.25) is 0 Å². The molecule has 3 rings (SSSR count). The van der Waals surface area contributed by atoms with E-state index < -0.39 is 11.5 Å². The molecule has 1 aliphatic rings. The van der Waals surface area contributed by atoms with Crippen LogP contribution in [0.4, 0.5) is 0 Å². The highest BCUT2D eigenvalue weighted by atomic mass is 16.3. The lowest BCUT2D eigenvalue weighted by Crippen LogP contribution is -2.34. The molecule has 0 spiro atoms. The van der Waals surface area contributed by atoms with Crippen molar-refractivity contribution >= 4 is 17.8 Å². The first-order valence-electron chi connectivity index (χ1n) is 8.51. The number of nitrogens with zero attached hydrogens (tertiary/aromatic N) is 3. The van der Waals surface area contributed by atoms with Gasteiger partial charge in [0.15, 0.2) is 5.56 Å². The number of carbonyl (C=O) groups excluding carboxylic acids is 2. The van der Waals surface area contributed by atoms with Gasteiger partial charge in [-0.3, -0.25) is 14.2 Å². The van der Waals surface area contributed by atoms with Gasteiger partial charge >= 0.3 is 0 Å². The molecular weight excluding hydrogens is 324 g/mol. The van der Waals surface area contributed by atoms with Crippen LogP contribution < -0.4 is 10.9 Å². The van der Waals surface area contributed by atoms with Crippen molar-refractivity contribution in [3.05, 3.63) is 27.7 Å². The maximum atomic E-state index is 12.7. The molecule has 2 N–H and O–H groups in total. The van der Waals surface area contributed by atoms with Crippen LogP contribution in [0.25, 0.3) is 5.65 Å². The fraction of sp³-hybridized carbons (Fsp3) is 0.529. The summed E-state index contributed by atoms with van der Waals surface area (Å²) in [5.74, 6) is -0.753. The molecular formula is C17H22N4O4. The molecule has 8 heteroatoms. The monoisotopic (exact) mass is 346 g/mol. The van der Waals surface area contributed by atoms with Gasteiger partial charge in [-0.15, -0.1) is 0 Å². The van der Waals surface area contributed by atoms with Gasteiger partial charge in [-0.1, -0.05) is 13.8 Å². The van der Waals surface area contributed by atoms with Gasteiger partial charge in [0.25, 0.3) is 11.5 Å². The van der Waals surface area contributed by atoms with Crippen LogP contribution in [0.5, 0.6) is 5.88 Å². The lowest BCUT2D eigenvalue weighted by Gasteiger charge is -2.17. The third-order valence-corrected chi connectivity index (χ3v) is 4.18. The molecule has 0 saturated heterocycles. The van der Waals surface area contributed by atoms with E-state index in [4.69, 9.17) is 0 Å². The SMILES string of the molecule is CC(C)Cn1c(O)c(C(=O)NC2CC2)c(=O)n2ncc(CCC=O)c12. The number of aldehydes is 1. The maximum absolute atomic E-state index is 12.7. The summed E-state index contributed by atoms with van der Waals surface area (Å²) in [4.78, 5) is 35.8. The van der Waals surface area contributed by atoms with Crippen molar-refractivity contribution in [2.24, 2.45) is 5.92 Å². The number of aryl methyl sites for hydroxylation is 1. The Labute approximate surface area is 144 Å². The lowest BCUT2D eigenvalue weighted by atomic mass is 10.1. The standard InChI is InChI=1S/C17H22N4O4/c1-10(2)9-20-15-11(4-3-7-22)8-18-21(15)17(25)13(16(20)24)14(23)19-12-5-6-12/h7-8,10,12,24H,3-6,9H2,1-2H3,(H,19,23). The van der Waals surface area contributed by atoms with Gasteiger partial charge in [-0.25, -0.2) is 0 Å². The fourth-order valence-electron chi connectivity index (χ4n) is 2.86. The van der Waals surface area contributed by atoms with Gasteiger partial charge in [0.2, 0.25) is 5.88 Å². The van der Waals surface area contributed by atoms with Crippen LogP contribution in [0.15, 0.2) is 11.0 Å². The van der Waals surface area contributed by atoms with Crippen molar-refractivity contribution in [1.82, 2.24) is 19.5 Å². The topological polar surface area (TPSA) is 106 Å². The minimum atomic E-state index is -0.650. The van der Waals surface area contributed by atoms with Gasteiger partial charge < -0.3 is 15.2 Å². The number of rotatable bonds is 7. The Morgan fingerprint density at radius 3 is 2.80 bits per heavy atom. The van der Waals surface area contributed by atoms with Crippen molar-refractivity contribution < 1.29 is 14.7 Å². The van der Waals surface area contributed by atoms with Crippen molar-refractivity contribution in [1.29, 1.82) is 0 Å². The van der Waals surface area contributed by atoms with E-state index in [1.165, 1.54) is 6.20 Å². The zero-order chi connectivity index (χ0) is 18.1. The molecule has 0 radical (unpaired) electrons. The number of amides is 1. The molecule has 8 nitrogen and oxygen atoms in total. The normalized spacial score (nSPS) is 14.2. The molecule has 1 fully saturated rings. The Hall–Kier alpha value is -2.64. The molecule has 0 atom stereocenters. The van der Waals surface area contributed by atoms with E-state index in [9.17, 15) is 19.5 Å². The quantitative estimate of drug-likeness (QED) is 0.724. The van der Waals surface area contributed by atoms with Crippen LogP contribution >= 0.6 is 0 Å². The average molecular weight is 346 g/mol. The molecule has 25 heavy (non-hydrogen) atoms. The molecule has 0 bridgehead atoms. The van der Waals surface area contributed by atoms with Crippen LogP contribution in [-0.2, 0) is 17.8 Å². The summed E-state index contributed by atoms with van der Waals surface area (Å²) in [5.41, 5.74) is 0.184. The number of aromatic nitrogens is 3. The smallest absolute Gasteiger partial charge is 0.291 e. The maximum Gasteiger partial charge on any atom is 0.291 e. The molecule has 134 valence electrons. The Bertz CT molecular complexity index is 877.